The minimum absolute atomic E-state index is 0.185. The number of H-pyrrole nitrogens is 1. The Morgan fingerprint density at radius 2 is 2.00 bits per heavy atom. The van der Waals surface area contributed by atoms with Crippen LogP contribution in [0.15, 0.2) is 48.8 Å². The van der Waals surface area contributed by atoms with E-state index in [2.05, 4.69) is 15.3 Å². The summed E-state index contributed by atoms with van der Waals surface area (Å²) in [4.78, 5) is 19.9. The van der Waals surface area contributed by atoms with E-state index >= 15 is 0 Å². The number of rotatable bonds is 4. The molecule has 0 unspecified atom stereocenters. The fraction of sp³-hybridized carbons (Fsp3) is 0.182. The van der Waals surface area contributed by atoms with Gasteiger partial charge < -0.3 is 14.9 Å². The quantitative estimate of drug-likeness (QED) is 0.556. The molecule has 5 nitrogen and oxygen atoms in total. The second kappa shape index (κ2) is 6.96. The molecule has 0 aliphatic heterocycles. The standard InChI is InChI=1S/C22H21FN4O/c1-13-14(2)26-20-6-5-17(11-18(13)20)22(28)25-12-16-4-7-21(19(23)10-16)27-9-8-24-15(27)3/h4-11,26H,12H2,1-3H3,(H,25,28). The maximum Gasteiger partial charge on any atom is 0.251 e. The fourth-order valence-corrected chi connectivity index (χ4v) is 3.38. The number of hydrogen-bond acceptors (Lipinski definition) is 2. The summed E-state index contributed by atoms with van der Waals surface area (Å²) in [5, 5.41) is 3.90. The Kier molecular flexibility index (Phi) is 4.47. The molecule has 6 heteroatoms. The van der Waals surface area contributed by atoms with Crippen molar-refractivity contribution < 1.29 is 9.18 Å². The van der Waals surface area contributed by atoms with Crippen molar-refractivity contribution in [1.82, 2.24) is 19.9 Å². The zero-order chi connectivity index (χ0) is 19.8. The van der Waals surface area contributed by atoms with E-state index in [0.717, 1.165) is 22.2 Å². The molecular weight excluding hydrogens is 355 g/mol. The van der Waals surface area contributed by atoms with Crippen LogP contribution >= 0.6 is 0 Å². The van der Waals surface area contributed by atoms with Gasteiger partial charge in [-0.1, -0.05) is 6.07 Å². The minimum Gasteiger partial charge on any atom is -0.358 e. The van der Waals surface area contributed by atoms with E-state index < -0.39 is 0 Å². The third-order valence-corrected chi connectivity index (χ3v) is 5.12. The lowest BCUT2D eigenvalue weighted by Crippen LogP contribution is -2.22. The molecule has 2 heterocycles. The number of hydrogen-bond donors (Lipinski definition) is 2. The van der Waals surface area contributed by atoms with E-state index in [0.29, 0.717) is 22.6 Å². The van der Waals surface area contributed by atoms with Crippen LogP contribution in [0.25, 0.3) is 16.6 Å². The summed E-state index contributed by atoms with van der Waals surface area (Å²) in [5.74, 6) is 0.174. The molecule has 0 spiro atoms. The first-order valence-corrected chi connectivity index (χ1v) is 9.10. The molecule has 4 rings (SSSR count). The number of aromatic amines is 1. The smallest absolute Gasteiger partial charge is 0.251 e. The number of aromatic nitrogens is 3. The number of amides is 1. The Hall–Kier alpha value is -3.41. The zero-order valence-corrected chi connectivity index (χ0v) is 16.0. The number of fused-ring (bicyclic) bond motifs is 1. The first-order valence-electron chi connectivity index (χ1n) is 9.10. The van der Waals surface area contributed by atoms with Gasteiger partial charge >= 0.3 is 0 Å². The predicted molar refractivity (Wildman–Crippen MR) is 107 cm³/mol. The number of carbonyl (C=O) groups excluding carboxylic acids is 1. The molecule has 0 fully saturated rings. The Bertz CT molecular complexity index is 1190. The number of nitrogens with one attached hydrogen (secondary N) is 2. The summed E-state index contributed by atoms with van der Waals surface area (Å²) in [5.41, 5.74) is 4.96. The molecule has 2 aromatic heterocycles. The van der Waals surface area contributed by atoms with Gasteiger partial charge in [-0.25, -0.2) is 9.37 Å². The Balaban J connectivity index is 1.50. The average molecular weight is 376 g/mol. The highest BCUT2D eigenvalue weighted by Gasteiger charge is 2.11. The zero-order valence-electron chi connectivity index (χ0n) is 16.0. The summed E-state index contributed by atoms with van der Waals surface area (Å²) in [7, 11) is 0. The molecule has 4 aromatic rings. The lowest BCUT2D eigenvalue weighted by molar-refractivity contribution is 0.0951. The van der Waals surface area contributed by atoms with E-state index in [1.165, 1.54) is 6.07 Å². The molecule has 0 saturated heterocycles. The molecule has 2 aromatic carbocycles. The second-order valence-corrected chi connectivity index (χ2v) is 6.95. The molecule has 0 atom stereocenters. The van der Waals surface area contributed by atoms with Crippen LogP contribution in [0.1, 0.15) is 33.0 Å². The molecular formula is C22H21FN4O. The number of aryl methyl sites for hydroxylation is 3. The predicted octanol–water partition coefficient (Wildman–Crippen LogP) is 4.35. The number of benzene rings is 2. The lowest BCUT2D eigenvalue weighted by atomic mass is 10.1. The van der Waals surface area contributed by atoms with E-state index in [-0.39, 0.29) is 18.3 Å². The van der Waals surface area contributed by atoms with Crippen molar-refractivity contribution in [2.45, 2.75) is 27.3 Å². The van der Waals surface area contributed by atoms with Crippen LogP contribution in [-0.2, 0) is 6.54 Å². The van der Waals surface area contributed by atoms with Gasteiger partial charge in [-0.2, -0.15) is 0 Å². The molecule has 0 saturated carbocycles. The van der Waals surface area contributed by atoms with Crippen LogP contribution in [-0.4, -0.2) is 20.4 Å². The van der Waals surface area contributed by atoms with E-state index in [1.54, 1.807) is 35.2 Å². The Morgan fingerprint density at radius 1 is 1.18 bits per heavy atom. The van der Waals surface area contributed by atoms with E-state index in [9.17, 15) is 9.18 Å². The second-order valence-electron chi connectivity index (χ2n) is 6.95. The molecule has 142 valence electrons. The summed E-state index contributed by atoms with van der Waals surface area (Å²) < 4.78 is 16.2. The van der Waals surface area contributed by atoms with Gasteiger partial charge in [0.25, 0.3) is 5.91 Å². The van der Waals surface area contributed by atoms with Crippen LogP contribution in [0.3, 0.4) is 0 Å². The highest BCUT2D eigenvalue weighted by Crippen LogP contribution is 2.22. The summed E-state index contributed by atoms with van der Waals surface area (Å²) in [6, 6.07) is 10.5. The Morgan fingerprint density at radius 3 is 2.71 bits per heavy atom. The highest BCUT2D eigenvalue weighted by atomic mass is 19.1. The Labute approximate surface area is 162 Å². The van der Waals surface area contributed by atoms with Gasteiger partial charge in [0.15, 0.2) is 0 Å². The number of carbonyl (C=O) groups is 1. The monoisotopic (exact) mass is 376 g/mol. The topological polar surface area (TPSA) is 62.7 Å². The molecule has 0 radical (unpaired) electrons. The SMILES string of the molecule is Cc1[nH]c2ccc(C(=O)NCc3ccc(-n4ccnc4C)c(F)c3)cc2c1C. The third-order valence-electron chi connectivity index (χ3n) is 5.12. The minimum atomic E-state index is -0.354. The third kappa shape index (κ3) is 3.17. The molecule has 28 heavy (non-hydrogen) atoms. The van der Waals surface area contributed by atoms with Crippen LogP contribution in [0.2, 0.25) is 0 Å². The van der Waals surface area contributed by atoms with E-state index in [1.807, 2.05) is 32.9 Å². The van der Waals surface area contributed by atoms with Crippen molar-refractivity contribution >= 4 is 16.8 Å². The van der Waals surface area contributed by atoms with Crippen LogP contribution in [0, 0.1) is 26.6 Å². The van der Waals surface area contributed by atoms with Crippen LogP contribution < -0.4 is 5.32 Å². The maximum absolute atomic E-state index is 14.5. The molecule has 2 N–H and O–H groups in total. The van der Waals surface area contributed by atoms with Gasteiger partial charge in [-0.15, -0.1) is 0 Å². The van der Waals surface area contributed by atoms with Crippen molar-refractivity contribution in [2.75, 3.05) is 0 Å². The van der Waals surface area contributed by atoms with Gasteiger partial charge in [0, 0.05) is 41.1 Å². The van der Waals surface area contributed by atoms with Crippen molar-refractivity contribution in [1.29, 1.82) is 0 Å². The fourth-order valence-electron chi connectivity index (χ4n) is 3.38. The van der Waals surface area contributed by atoms with Crippen molar-refractivity contribution in [3.05, 3.63) is 82.8 Å². The normalized spacial score (nSPS) is 11.1. The highest BCUT2D eigenvalue weighted by molar-refractivity contribution is 5.99. The first kappa shape index (κ1) is 18.0. The maximum atomic E-state index is 14.5. The first-order chi connectivity index (χ1) is 13.4. The summed E-state index contributed by atoms with van der Waals surface area (Å²) >= 11 is 0. The van der Waals surface area contributed by atoms with Crippen LogP contribution in [0.5, 0.6) is 0 Å². The van der Waals surface area contributed by atoms with Gasteiger partial charge in [0.2, 0.25) is 0 Å². The van der Waals surface area contributed by atoms with Crippen LogP contribution in [0.4, 0.5) is 4.39 Å². The lowest BCUT2D eigenvalue weighted by Gasteiger charge is -2.10. The van der Waals surface area contributed by atoms with Crippen molar-refractivity contribution in [3.8, 4) is 5.69 Å². The molecule has 1 amide bonds. The van der Waals surface area contributed by atoms with E-state index in [4.69, 9.17) is 0 Å². The number of nitrogens with zero attached hydrogens (tertiary/aromatic N) is 2. The summed E-state index contributed by atoms with van der Waals surface area (Å²) in [6.45, 7) is 6.11. The van der Waals surface area contributed by atoms with Crippen molar-refractivity contribution in [2.24, 2.45) is 0 Å². The largest absolute Gasteiger partial charge is 0.358 e. The molecule has 0 bridgehead atoms. The molecule has 0 aliphatic carbocycles. The number of imidazole rings is 1. The summed E-state index contributed by atoms with van der Waals surface area (Å²) in [6.07, 6.45) is 3.35. The number of halogens is 1. The molecule has 0 aliphatic rings. The van der Waals surface area contributed by atoms with Gasteiger partial charge in [-0.3, -0.25) is 4.79 Å². The van der Waals surface area contributed by atoms with Gasteiger partial charge in [-0.05, 0) is 62.2 Å². The average Bonchev–Trinajstić information content (AvgIpc) is 3.23. The van der Waals surface area contributed by atoms with Gasteiger partial charge in [0.1, 0.15) is 11.6 Å². The van der Waals surface area contributed by atoms with Crippen molar-refractivity contribution in [3.63, 3.8) is 0 Å². The van der Waals surface area contributed by atoms with Gasteiger partial charge in [0.05, 0.1) is 5.69 Å².